The molecule has 0 amide bonds. The number of halogens is 1. The molecule has 128 valence electrons. The topological polar surface area (TPSA) is 94.8 Å². The van der Waals surface area contributed by atoms with Gasteiger partial charge in [0.05, 0.1) is 12.8 Å². The molecule has 0 aliphatic heterocycles. The van der Waals surface area contributed by atoms with Gasteiger partial charge in [0.15, 0.2) is 5.69 Å². The minimum absolute atomic E-state index is 0.0191. The monoisotopic (exact) mass is 358 g/mol. The van der Waals surface area contributed by atoms with E-state index in [1.807, 2.05) is 24.3 Å². The summed E-state index contributed by atoms with van der Waals surface area (Å²) in [6.45, 7) is 0. The summed E-state index contributed by atoms with van der Waals surface area (Å²) in [4.78, 5) is 8.44. The van der Waals surface area contributed by atoms with Crippen LogP contribution in [0.3, 0.4) is 0 Å². The van der Waals surface area contributed by atoms with Crippen LogP contribution in [0, 0.1) is 5.21 Å². The molecule has 1 atom stereocenters. The van der Waals surface area contributed by atoms with Crippen LogP contribution in [0.25, 0.3) is 11.3 Å². The lowest BCUT2D eigenvalue weighted by Crippen LogP contribution is -2.99. The number of anilines is 2. The third kappa shape index (κ3) is 3.86. The van der Waals surface area contributed by atoms with Crippen molar-refractivity contribution >= 4 is 28.8 Å². The van der Waals surface area contributed by atoms with E-state index in [1.165, 1.54) is 18.5 Å². The van der Waals surface area contributed by atoms with Gasteiger partial charge in [-0.05, 0) is 24.3 Å². The molecule has 2 aromatic carbocycles. The number of hydrogen-bond acceptors (Lipinski definition) is 6. The molecule has 0 aliphatic carbocycles. The lowest BCUT2D eigenvalue weighted by molar-refractivity contribution is -0.991. The number of para-hydroxylation sites is 1. The standard InChI is InChI=1S/C17H15ClN4O3/c1-25-16-5-3-2-4-12(16)14-9-17(20-10-19-14)21-11-6-7-13(18)15(8-11)22(23)24/h2-10,22-23H,1H3,(H,19,20,21). The maximum atomic E-state index is 11.2. The van der Waals surface area contributed by atoms with Crippen molar-refractivity contribution in [2.45, 2.75) is 0 Å². The average molecular weight is 359 g/mol. The highest BCUT2D eigenvalue weighted by Crippen LogP contribution is 2.30. The van der Waals surface area contributed by atoms with Crippen LogP contribution in [0.2, 0.25) is 5.02 Å². The molecule has 0 aliphatic rings. The summed E-state index contributed by atoms with van der Waals surface area (Å²) in [7, 11) is 1.60. The molecule has 0 bridgehead atoms. The van der Waals surface area contributed by atoms with Crippen LogP contribution in [-0.4, -0.2) is 22.3 Å². The molecule has 1 unspecified atom stereocenters. The Hall–Kier alpha value is -2.71. The van der Waals surface area contributed by atoms with Gasteiger partial charge in [0, 0.05) is 23.4 Å². The van der Waals surface area contributed by atoms with Gasteiger partial charge >= 0.3 is 0 Å². The van der Waals surface area contributed by atoms with E-state index >= 15 is 0 Å². The summed E-state index contributed by atoms with van der Waals surface area (Å²) < 4.78 is 5.35. The molecule has 1 aromatic heterocycles. The molecule has 3 rings (SSSR count). The summed E-state index contributed by atoms with van der Waals surface area (Å²) in [5.41, 5.74) is 2.09. The van der Waals surface area contributed by atoms with Crippen LogP contribution in [0.1, 0.15) is 0 Å². The fraction of sp³-hybridized carbons (Fsp3) is 0.0588. The fourth-order valence-corrected chi connectivity index (χ4v) is 2.54. The second-order valence-corrected chi connectivity index (χ2v) is 5.52. The number of rotatable bonds is 5. The lowest BCUT2D eigenvalue weighted by Gasteiger charge is -2.15. The zero-order valence-electron chi connectivity index (χ0n) is 13.2. The minimum atomic E-state index is -1.09. The Balaban J connectivity index is 1.91. The first-order valence-corrected chi connectivity index (χ1v) is 7.71. The first-order valence-electron chi connectivity index (χ1n) is 7.34. The maximum Gasteiger partial charge on any atom is 0.184 e. The van der Waals surface area contributed by atoms with Gasteiger partial charge in [-0.1, -0.05) is 23.7 Å². The molecule has 0 fully saturated rings. The van der Waals surface area contributed by atoms with Gasteiger partial charge in [0.1, 0.15) is 22.9 Å². The second kappa shape index (κ2) is 7.45. The predicted octanol–water partition coefficient (Wildman–Crippen LogP) is 2.95. The van der Waals surface area contributed by atoms with Crippen LogP contribution < -0.4 is 15.3 Å². The molecule has 0 saturated heterocycles. The molecule has 3 aromatic rings. The average Bonchev–Trinajstić information content (AvgIpc) is 2.63. The molecule has 8 heteroatoms. The molecule has 0 radical (unpaired) electrons. The zero-order valence-corrected chi connectivity index (χ0v) is 14.0. The van der Waals surface area contributed by atoms with Gasteiger partial charge in [-0.15, -0.1) is 0 Å². The number of quaternary nitrogens is 1. The molecule has 0 spiro atoms. The molecule has 1 heterocycles. The van der Waals surface area contributed by atoms with E-state index in [1.54, 1.807) is 19.2 Å². The highest BCUT2D eigenvalue weighted by molar-refractivity contribution is 6.32. The fourth-order valence-electron chi connectivity index (χ4n) is 2.34. The zero-order chi connectivity index (χ0) is 17.8. The van der Waals surface area contributed by atoms with Crippen molar-refractivity contribution in [3.05, 3.63) is 65.1 Å². The van der Waals surface area contributed by atoms with Gasteiger partial charge in [-0.25, -0.2) is 15.2 Å². The predicted molar refractivity (Wildman–Crippen MR) is 94.5 cm³/mol. The Morgan fingerprint density at radius 1 is 1.16 bits per heavy atom. The van der Waals surface area contributed by atoms with Crippen molar-refractivity contribution in [2.24, 2.45) is 0 Å². The largest absolute Gasteiger partial charge is 0.595 e. The van der Waals surface area contributed by atoms with Gasteiger partial charge in [-0.2, -0.15) is 5.23 Å². The van der Waals surface area contributed by atoms with E-state index in [-0.39, 0.29) is 10.7 Å². The van der Waals surface area contributed by atoms with E-state index in [0.29, 0.717) is 22.9 Å². The first kappa shape index (κ1) is 17.1. The Morgan fingerprint density at radius 3 is 2.72 bits per heavy atom. The summed E-state index contributed by atoms with van der Waals surface area (Å²) in [6, 6.07) is 13.9. The minimum Gasteiger partial charge on any atom is -0.595 e. The number of hydrogen-bond donors (Lipinski definition) is 3. The number of nitrogens with zero attached hydrogens (tertiary/aromatic N) is 2. The van der Waals surface area contributed by atoms with Crippen molar-refractivity contribution < 1.29 is 15.2 Å². The summed E-state index contributed by atoms with van der Waals surface area (Å²) in [6.07, 6.45) is 1.43. The van der Waals surface area contributed by atoms with E-state index in [4.69, 9.17) is 21.5 Å². The van der Waals surface area contributed by atoms with E-state index in [9.17, 15) is 5.21 Å². The molecule has 25 heavy (non-hydrogen) atoms. The molecule has 7 nitrogen and oxygen atoms in total. The van der Waals surface area contributed by atoms with Gasteiger partial charge in [0.2, 0.25) is 0 Å². The highest BCUT2D eigenvalue weighted by atomic mass is 35.5. The van der Waals surface area contributed by atoms with Gasteiger partial charge < -0.3 is 15.3 Å². The van der Waals surface area contributed by atoms with Gasteiger partial charge in [0.25, 0.3) is 0 Å². The molecular formula is C17H15ClN4O3. The number of nitrogens with one attached hydrogen (secondary N) is 2. The number of aromatic nitrogens is 2. The van der Waals surface area contributed by atoms with Crippen molar-refractivity contribution in [1.29, 1.82) is 0 Å². The summed E-state index contributed by atoms with van der Waals surface area (Å²) in [5, 5.41) is 22.5. The summed E-state index contributed by atoms with van der Waals surface area (Å²) >= 11 is 5.88. The Labute approximate surface area is 149 Å². The van der Waals surface area contributed by atoms with Crippen LogP contribution in [0.15, 0.2) is 54.9 Å². The molecular weight excluding hydrogens is 344 g/mol. The summed E-state index contributed by atoms with van der Waals surface area (Å²) in [5.74, 6) is 1.22. The van der Waals surface area contributed by atoms with Crippen molar-refractivity contribution in [1.82, 2.24) is 9.97 Å². The lowest BCUT2D eigenvalue weighted by atomic mass is 10.1. The smallest absolute Gasteiger partial charge is 0.184 e. The van der Waals surface area contributed by atoms with E-state index in [2.05, 4.69) is 15.3 Å². The SMILES string of the molecule is COc1ccccc1-c1cc(Nc2ccc(Cl)c([NH+]([O-])O)c2)ncn1. The van der Waals surface area contributed by atoms with E-state index < -0.39 is 5.23 Å². The van der Waals surface area contributed by atoms with Crippen molar-refractivity contribution in [2.75, 3.05) is 12.4 Å². The third-order valence-electron chi connectivity index (χ3n) is 3.52. The Bertz CT molecular complexity index is 889. The number of benzene rings is 2. The van der Waals surface area contributed by atoms with E-state index in [0.717, 1.165) is 5.56 Å². The van der Waals surface area contributed by atoms with Crippen molar-refractivity contribution in [3.8, 4) is 17.0 Å². The van der Waals surface area contributed by atoms with Crippen LogP contribution in [0.4, 0.5) is 17.2 Å². The molecule has 3 N–H and O–H groups in total. The normalized spacial score (nSPS) is 11.8. The van der Waals surface area contributed by atoms with Crippen LogP contribution in [0.5, 0.6) is 5.75 Å². The van der Waals surface area contributed by atoms with Crippen LogP contribution in [-0.2, 0) is 0 Å². The quantitative estimate of drug-likeness (QED) is 0.607. The Morgan fingerprint density at radius 2 is 1.96 bits per heavy atom. The number of ether oxygens (including phenoxy) is 1. The number of methoxy groups -OCH3 is 1. The first-order chi connectivity index (χ1) is 12.1. The third-order valence-corrected chi connectivity index (χ3v) is 3.85. The van der Waals surface area contributed by atoms with Crippen LogP contribution >= 0.6 is 11.6 Å². The molecule has 0 saturated carbocycles. The van der Waals surface area contributed by atoms with Crippen molar-refractivity contribution in [3.63, 3.8) is 0 Å². The maximum absolute atomic E-state index is 11.2. The highest BCUT2D eigenvalue weighted by Gasteiger charge is 2.11. The second-order valence-electron chi connectivity index (χ2n) is 5.11. The Kier molecular flexibility index (Phi) is 5.11. The van der Waals surface area contributed by atoms with Gasteiger partial charge in [-0.3, -0.25) is 0 Å².